The van der Waals surface area contributed by atoms with E-state index in [4.69, 9.17) is 5.73 Å². The molecule has 5 nitrogen and oxygen atoms in total. The molecule has 1 aromatic heterocycles. The van der Waals surface area contributed by atoms with Gasteiger partial charge in [0.1, 0.15) is 0 Å². The van der Waals surface area contributed by atoms with E-state index in [1.165, 1.54) is 0 Å². The minimum absolute atomic E-state index is 0.0479. The summed E-state index contributed by atoms with van der Waals surface area (Å²) in [6.45, 7) is 5.36. The number of piperidine rings is 1. The standard InChI is InChI=1S/C18H24N4O/c1-13-7-6-10-21(17(13)11-19)18(23)16-12-22(20-14(16)2)15-8-4-3-5-9-15/h3-5,8-9,12-13,17H,6-7,10-11,19H2,1-2H3/t13-,17-/m1/s1. The summed E-state index contributed by atoms with van der Waals surface area (Å²) in [5.74, 6) is 0.494. The molecule has 0 saturated carbocycles. The van der Waals surface area contributed by atoms with Gasteiger partial charge in [-0.25, -0.2) is 4.68 Å². The third-order valence-corrected chi connectivity index (χ3v) is 4.77. The molecule has 0 radical (unpaired) electrons. The minimum Gasteiger partial charge on any atom is -0.334 e. The van der Waals surface area contributed by atoms with Gasteiger partial charge in [0.15, 0.2) is 0 Å². The molecule has 3 rings (SSSR count). The molecule has 1 saturated heterocycles. The molecule has 23 heavy (non-hydrogen) atoms. The molecule has 0 bridgehead atoms. The quantitative estimate of drug-likeness (QED) is 0.946. The first kappa shape index (κ1) is 15.7. The van der Waals surface area contributed by atoms with Crippen molar-refractivity contribution < 1.29 is 4.79 Å². The van der Waals surface area contributed by atoms with Gasteiger partial charge in [-0.3, -0.25) is 4.79 Å². The number of carbonyl (C=O) groups is 1. The second-order valence-electron chi connectivity index (χ2n) is 6.33. The number of nitrogens with zero attached hydrogens (tertiary/aromatic N) is 3. The van der Waals surface area contributed by atoms with Crippen molar-refractivity contribution in [3.63, 3.8) is 0 Å². The van der Waals surface area contributed by atoms with Crippen molar-refractivity contribution in [1.29, 1.82) is 0 Å². The number of rotatable bonds is 3. The summed E-state index contributed by atoms with van der Waals surface area (Å²) in [7, 11) is 0. The summed E-state index contributed by atoms with van der Waals surface area (Å²) in [4.78, 5) is 14.9. The number of amides is 1. The second kappa shape index (κ2) is 6.54. The van der Waals surface area contributed by atoms with Crippen molar-refractivity contribution in [2.75, 3.05) is 13.1 Å². The summed E-state index contributed by atoms with van der Waals surface area (Å²) in [5, 5.41) is 4.50. The maximum Gasteiger partial charge on any atom is 0.257 e. The van der Waals surface area contributed by atoms with Crippen LogP contribution < -0.4 is 5.73 Å². The maximum atomic E-state index is 13.0. The molecule has 1 aromatic carbocycles. The van der Waals surface area contributed by atoms with Crippen LogP contribution in [0.3, 0.4) is 0 Å². The van der Waals surface area contributed by atoms with Gasteiger partial charge < -0.3 is 10.6 Å². The number of aromatic nitrogens is 2. The van der Waals surface area contributed by atoms with E-state index in [9.17, 15) is 4.79 Å². The lowest BCUT2D eigenvalue weighted by atomic mass is 9.90. The second-order valence-corrected chi connectivity index (χ2v) is 6.33. The van der Waals surface area contributed by atoms with Crippen molar-refractivity contribution in [2.24, 2.45) is 11.7 Å². The molecule has 1 aliphatic heterocycles. The highest BCUT2D eigenvalue weighted by atomic mass is 16.2. The first-order valence-corrected chi connectivity index (χ1v) is 8.24. The van der Waals surface area contributed by atoms with Crippen LogP contribution in [0, 0.1) is 12.8 Å². The molecular weight excluding hydrogens is 288 g/mol. The zero-order valence-corrected chi connectivity index (χ0v) is 13.8. The number of likely N-dealkylation sites (tertiary alicyclic amines) is 1. The Morgan fingerprint density at radius 2 is 2.09 bits per heavy atom. The van der Waals surface area contributed by atoms with Crippen LogP contribution in [-0.2, 0) is 0 Å². The lowest BCUT2D eigenvalue weighted by Crippen LogP contribution is -2.51. The third-order valence-electron chi connectivity index (χ3n) is 4.77. The van der Waals surface area contributed by atoms with Crippen LogP contribution in [-0.4, -0.2) is 39.7 Å². The number of hydrogen-bond donors (Lipinski definition) is 1. The molecule has 5 heteroatoms. The average Bonchev–Trinajstić information content (AvgIpc) is 2.96. The average molecular weight is 312 g/mol. The SMILES string of the molecule is Cc1nn(-c2ccccc2)cc1C(=O)N1CCC[C@@H](C)[C@H]1CN. The zero-order chi connectivity index (χ0) is 16.4. The highest BCUT2D eigenvalue weighted by Gasteiger charge is 2.32. The summed E-state index contributed by atoms with van der Waals surface area (Å²) in [5.41, 5.74) is 8.30. The van der Waals surface area contributed by atoms with E-state index in [0.29, 0.717) is 18.0 Å². The van der Waals surface area contributed by atoms with E-state index in [0.717, 1.165) is 30.8 Å². The zero-order valence-electron chi connectivity index (χ0n) is 13.8. The molecule has 2 N–H and O–H groups in total. The van der Waals surface area contributed by atoms with Gasteiger partial charge in [0, 0.05) is 25.3 Å². The Kier molecular flexibility index (Phi) is 4.48. The van der Waals surface area contributed by atoms with Gasteiger partial charge in [-0.15, -0.1) is 0 Å². The molecule has 0 unspecified atom stereocenters. The van der Waals surface area contributed by atoms with Crippen LogP contribution in [0.15, 0.2) is 36.5 Å². The molecule has 0 spiro atoms. The number of hydrogen-bond acceptors (Lipinski definition) is 3. The van der Waals surface area contributed by atoms with Gasteiger partial charge >= 0.3 is 0 Å². The smallest absolute Gasteiger partial charge is 0.257 e. The fourth-order valence-electron chi connectivity index (χ4n) is 3.40. The van der Waals surface area contributed by atoms with Crippen LogP contribution in [0.5, 0.6) is 0 Å². The van der Waals surface area contributed by atoms with E-state index < -0.39 is 0 Å². The normalized spacial score (nSPS) is 21.4. The first-order valence-electron chi connectivity index (χ1n) is 8.24. The summed E-state index contributed by atoms with van der Waals surface area (Å²) in [6, 6.07) is 9.97. The van der Waals surface area contributed by atoms with Crippen LogP contribution in [0.1, 0.15) is 35.8 Å². The van der Waals surface area contributed by atoms with Gasteiger partial charge in [-0.2, -0.15) is 5.10 Å². The first-order chi connectivity index (χ1) is 11.1. The van der Waals surface area contributed by atoms with Crippen molar-refractivity contribution in [1.82, 2.24) is 14.7 Å². The Morgan fingerprint density at radius 1 is 1.35 bits per heavy atom. The van der Waals surface area contributed by atoms with E-state index >= 15 is 0 Å². The predicted octanol–water partition coefficient (Wildman–Crippen LogP) is 2.38. The van der Waals surface area contributed by atoms with Crippen LogP contribution >= 0.6 is 0 Å². The summed E-state index contributed by atoms with van der Waals surface area (Å²) >= 11 is 0. The summed E-state index contributed by atoms with van der Waals surface area (Å²) in [6.07, 6.45) is 4.00. The molecule has 122 valence electrons. The fourth-order valence-corrected chi connectivity index (χ4v) is 3.40. The van der Waals surface area contributed by atoms with Crippen molar-refractivity contribution in [3.05, 3.63) is 47.8 Å². The molecular formula is C18H24N4O. The van der Waals surface area contributed by atoms with Crippen molar-refractivity contribution in [2.45, 2.75) is 32.7 Å². The largest absolute Gasteiger partial charge is 0.334 e. The monoisotopic (exact) mass is 312 g/mol. The summed E-state index contributed by atoms with van der Waals surface area (Å²) < 4.78 is 1.77. The number of benzene rings is 1. The Balaban J connectivity index is 1.89. The lowest BCUT2D eigenvalue weighted by molar-refractivity contribution is 0.0532. The molecule has 2 aromatic rings. The number of para-hydroxylation sites is 1. The Morgan fingerprint density at radius 3 is 2.78 bits per heavy atom. The van der Waals surface area contributed by atoms with Crippen LogP contribution in [0.25, 0.3) is 5.69 Å². The highest BCUT2D eigenvalue weighted by Crippen LogP contribution is 2.25. The number of carbonyl (C=O) groups excluding carboxylic acids is 1. The van der Waals surface area contributed by atoms with E-state index in [1.54, 1.807) is 4.68 Å². The Bertz CT molecular complexity index is 680. The van der Waals surface area contributed by atoms with Crippen molar-refractivity contribution in [3.8, 4) is 5.69 Å². The van der Waals surface area contributed by atoms with Gasteiger partial charge in [0.25, 0.3) is 5.91 Å². The third kappa shape index (κ3) is 3.01. The minimum atomic E-state index is 0.0479. The Hall–Kier alpha value is -2.14. The van der Waals surface area contributed by atoms with Gasteiger partial charge in [0.05, 0.1) is 16.9 Å². The highest BCUT2D eigenvalue weighted by molar-refractivity contribution is 5.95. The van der Waals surface area contributed by atoms with Crippen molar-refractivity contribution >= 4 is 5.91 Å². The molecule has 0 aliphatic carbocycles. The lowest BCUT2D eigenvalue weighted by Gasteiger charge is -2.39. The number of nitrogens with two attached hydrogens (primary N) is 1. The van der Waals surface area contributed by atoms with Crippen LogP contribution in [0.2, 0.25) is 0 Å². The molecule has 2 heterocycles. The topological polar surface area (TPSA) is 64.2 Å². The predicted molar refractivity (Wildman–Crippen MR) is 90.6 cm³/mol. The Labute approximate surface area is 137 Å². The molecule has 2 atom stereocenters. The maximum absolute atomic E-state index is 13.0. The molecule has 1 amide bonds. The van der Waals surface area contributed by atoms with E-state index in [2.05, 4.69) is 12.0 Å². The van der Waals surface area contributed by atoms with Gasteiger partial charge in [0.2, 0.25) is 0 Å². The van der Waals surface area contributed by atoms with Crippen LogP contribution in [0.4, 0.5) is 0 Å². The van der Waals surface area contributed by atoms with E-state index in [-0.39, 0.29) is 11.9 Å². The fraction of sp³-hybridized carbons (Fsp3) is 0.444. The van der Waals surface area contributed by atoms with Gasteiger partial charge in [-0.1, -0.05) is 25.1 Å². The molecule has 1 aliphatic rings. The molecule has 1 fully saturated rings. The van der Waals surface area contributed by atoms with E-state index in [1.807, 2.05) is 48.4 Å². The number of aryl methyl sites for hydroxylation is 1. The van der Waals surface area contributed by atoms with Gasteiger partial charge in [-0.05, 0) is 37.8 Å².